The van der Waals surface area contributed by atoms with E-state index in [2.05, 4.69) is 24.9 Å². The number of imidazole rings is 1. The summed E-state index contributed by atoms with van der Waals surface area (Å²) in [6.07, 6.45) is 2.39. The van der Waals surface area contributed by atoms with Gasteiger partial charge in [0.15, 0.2) is 0 Å². The van der Waals surface area contributed by atoms with Crippen molar-refractivity contribution in [2.75, 3.05) is 0 Å². The predicted molar refractivity (Wildman–Crippen MR) is 63.3 cm³/mol. The first-order valence-electron chi connectivity index (χ1n) is 5.48. The lowest BCUT2D eigenvalue weighted by Crippen LogP contribution is -1.97. The molecule has 2 aromatic heterocycles. The maximum absolute atomic E-state index is 8.88. The second kappa shape index (κ2) is 3.97. The standard InChI is InChI=1S/C13H15N3/c1-9(2)12-11(6-7-14)16-8-4-5-10(3)13(16)15-12/h4-5,8-9H,6H2,1-3H3. The number of nitrogens with zero attached hydrogens (tertiary/aromatic N) is 3. The molecule has 0 aromatic carbocycles. The Labute approximate surface area is 95.4 Å². The van der Waals surface area contributed by atoms with Gasteiger partial charge in [-0.25, -0.2) is 4.98 Å². The van der Waals surface area contributed by atoms with Crippen LogP contribution in [0.2, 0.25) is 0 Å². The van der Waals surface area contributed by atoms with Crippen LogP contribution in [-0.2, 0) is 6.42 Å². The molecule has 0 radical (unpaired) electrons. The molecule has 0 saturated heterocycles. The minimum atomic E-state index is 0.350. The Morgan fingerprint density at radius 1 is 1.50 bits per heavy atom. The maximum Gasteiger partial charge on any atom is 0.140 e. The molecule has 2 aromatic rings. The van der Waals surface area contributed by atoms with E-state index in [1.807, 2.05) is 29.7 Å². The Balaban J connectivity index is 2.76. The van der Waals surface area contributed by atoms with Crippen molar-refractivity contribution in [3.8, 4) is 6.07 Å². The molecule has 0 N–H and O–H groups in total. The van der Waals surface area contributed by atoms with Gasteiger partial charge < -0.3 is 4.40 Å². The van der Waals surface area contributed by atoms with Crippen molar-refractivity contribution >= 4 is 5.65 Å². The van der Waals surface area contributed by atoms with Gasteiger partial charge in [-0.05, 0) is 24.5 Å². The van der Waals surface area contributed by atoms with Crippen molar-refractivity contribution in [3.63, 3.8) is 0 Å². The SMILES string of the molecule is Cc1cccn2c(CC#N)c(C(C)C)nc12. The molecule has 0 spiro atoms. The molecule has 0 unspecified atom stereocenters. The zero-order valence-electron chi connectivity index (χ0n) is 9.86. The fourth-order valence-electron chi connectivity index (χ4n) is 1.98. The minimum Gasteiger partial charge on any atom is -0.303 e. The number of hydrogen-bond acceptors (Lipinski definition) is 2. The van der Waals surface area contributed by atoms with E-state index in [1.165, 1.54) is 0 Å². The average molecular weight is 213 g/mol. The molecular weight excluding hydrogens is 198 g/mol. The molecule has 2 heterocycles. The van der Waals surface area contributed by atoms with Crippen molar-refractivity contribution in [2.24, 2.45) is 0 Å². The quantitative estimate of drug-likeness (QED) is 0.769. The van der Waals surface area contributed by atoms with Crippen LogP contribution in [0.1, 0.15) is 36.7 Å². The van der Waals surface area contributed by atoms with Crippen LogP contribution in [0.5, 0.6) is 0 Å². The number of aryl methyl sites for hydroxylation is 1. The van der Waals surface area contributed by atoms with Gasteiger partial charge in [0.25, 0.3) is 0 Å². The summed E-state index contributed by atoms with van der Waals surface area (Å²) < 4.78 is 2.04. The van der Waals surface area contributed by atoms with E-state index in [4.69, 9.17) is 5.26 Å². The summed E-state index contributed by atoms with van der Waals surface area (Å²) in [6.45, 7) is 6.26. The van der Waals surface area contributed by atoms with E-state index in [0.717, 1.165) is 22.6 Å². The van der Waals surface area contributed by atoms with Gasteiger partial charge >= 0.3 is 0 Å². The Morgan fingerprint density at radius 2 is 2.25 bits per heavy atom. The molecule has 0 fully saturated rings. The normalized spacial score (nSPS) is 10.9. The number of aromatic nitrogens is 2. The van der Waals surface area contributed by atoms with Crippen molar-refractivity contribution in [1.82, 2.24) is 9.38 Å². The van der Waals surface area contributed by atoms with Gasteiger partial charge in [0, 0.05) is 6.20 Å². The third-order valence-corrected chi connectivity index (χ3v) is 2.77. The zero-order valence-corrected chi connectivity index (χ0v) is 9.86. The third-order valence-electron chi connectivity index (χ3n) is 2.77. The van der Waals surface area contributed by atoms with Gasteiger partial charge in [-0.15, -0.1) is 0 Å². The van der Waals surface area contributed by atoms with Gasteiger partial charge in [0.1, 0.15) is 5.65 Å². The Kier molecular flexibility index (Phi) is 2.66. The van der Waals surface area contributed by atoms with Gasteiger partial charge in [0.2, 0.25) is 0 Å². The van der Waals surface area contributed by atoms with Crippen molar-refractivity contribution in [2.45, 2.75) is 33.1 Å². The summed E-state index contributed by atoms with van der Waals surface area (Å²) >= 11 is 0. The molecule has 0 atom stereocenters. The largest absolute Gasteiger partial charge is 0.303 e. The molecule has 0 amide bonds. The molecule has 2 rings (SSSR count). The lowest BCUT2D eigenvalue weighted by Gasteiger charge is -2.03. The number of hydrogen-bond donors (Lipinski definition) is 0. The van der Waals surface area contributed by atoms with Crippen LogP contribution in [0.25, 0.3) is 5.65 Å². The number of fused-ring (bicyclic) bond motifs is 1. The molecule has 3 heteroatoms. The summed E-state index contributed by atoms with van der Waals surface area (Å²) in [5.41, 5.74) is 4.18. The van der Waals surface area contributed by atoms with E-state index in [9.17, 15) is 0 Å². The highest BCUT2D eigenvalue weighted by Gasteiger charge is 2.15. The van der Waals surface area contributed by atoms with Crippen LogP contribution in [0, 0.1) is 18.3 Å². The van der Waals surface area contributed by atoms with Crippen LogP contribution in [0.15, 0.2) is 18.3 Å². The van der Waals surface area contributed by atoms with Crippen molar-refractivity contribution in [1.29, 1.82) is 5.26 Å². The topological polar surface area (TPSA) is 41.1 Å². The minimum absolute atomic E-state index is 0.350. The first kappa shape index (κ1) is 10.7. The third kappa shape index (κ3) is 1.57. The number of nitriles is 1. The van der Waals surface area contributed by atoms with Gasteiger partial charge in [-0.1, -0.05) is 19.9 Å². The van der Waals surface area contributed by atoms with Gasteiger partial charge in [-0.2, -0.15) is 5.26 Å². The molecule has 0 saturated carbocycles. The van der Waals surface area contributed by atoms with Gasteiger partial charge in [-0.3, -0.25) is 0 Å². The van der Waals surface area contributed by atoms with Crippen molar-refractivity contribution in [3.05, 3.63) is 35.3 Å². The highest BCUT2D eigenvalue weighted by Crippen LogP contribution is 2.22. The molecule has 0 aliphatic carbocycles. The molecule has 82 valence electrons. The first-order valence-corrected chi connectivity index (χ1v) is 5.48. The average Bonchev–Trinajstić information content (AvgIpc) is 2.60. The van der Waals surface area contributed by atoms with E-state index >= 15 is 0 Å². The van der Waals surface area contributed by atoms with Crippen LogP contribution >= 0.6 is 0 Å². The summed E-state index contributed by atoms with van der Waals surface area (Å²) in [7, 11) is 0. The lowest BCUT2D eigenvalue weighted by atomic mass is 10.1. The Morgan fingerprint density at radius 3 is 2.88 bits per heavy atom. The molecular formula is C13H15N3. The van der Waals surface area contributed by atoms with Crippen LogP contribution in [-0.4, -0.2) is 9.38 Å². The number of pyridine rings is 1. The van der Waals surface area contributed by atoms with E-state index in [-0.39, 0.29) is 0 Å². The summed E-state index contributed by atoms with van der Waals surface area (Å²) in [5, 5.41) is 8.88. The summed E-state index contributed by atoms with van der Waals surface area (Å²) in [5.74, 6) is 0.350. The summed E-state index contributed by atoms with van der Waals surface area (Å²) in [4.78, 5) is 4.64. The molecule has 16 heavy (non-hydrogen) atoms. The predicted octanol–water partition coefficient (Wildman–Crippen LogP) is 2.83. The first-order chi connectivity index (χ1) is 7.65. The monoisotopic (exact) mass is 213 g/mol. The van der Waals surface area contributed by atoms with E-state index in [1.54, 1.807) is 0 Å². The van der Waals surface area contributed by atoms with Crippen LogP contribution < -0.4 is 0 Å². The highest BCUT2D eigenvalue weighted by molar-refractivity contribution is 5.51. The smallest absolute Gasteiger partial charge is 0.140 e. The second-order valence-electron chi connectivity index (χ2n) is 4.32. The number of rotatable bonds is 2. The molecule has 0 bridgehead atoms. The fraction of sp³-hybridized carbons (Fsp3) is 0.385. The molecule has 0 aliphatic rings. The van der Waals surface area contributed by atoms with Crippen LogP contribution in [0.4, 0.5) is 0 Å². The second-order valence-corrected chi connectivity index (χ2v) is 4.32. The van der Waals surface area contributed by atoms with E-state index in [0.29, 0.717) is 12.3 Å². The summed E-state index contributed by atoms with van der Waals surface area (Å²) in [6, 6.07) is 6.26. The van der Waals surface area contributed by atoms with Crippen molar-refractivity contribution < 1.29 is 0 Å². The van der Waals surface area contributed by atoms with Crippen LogP contribution in [0.3, 0.4) is 0 Å². The highest BCUT2D eigenvalue weighted by atomic mass is 15.0. The zero-order chi connectivity index (χ0) is 11.7. The van der Waals surface area contributed by atoms with E-state index < -0.39 is 0 Å². The maximum atomic E-state index is 8.88. The molecule has 3 nitrogen and oxygen atoms in total. The molecule has 0 aliphatic heterocycles. The Hall–Kier alpha value is -1.82. The van der Waals surface area contributed by atoms with Gasteiger partial charge in [0.05, 0.1) is 23.9 Å². The fourth-order valence-corrected chi connectivity index (χ4v) is 1.98. The Bertz CT molecular complexity index is 558. The lowest BCUT2D eigenvalue weighted by molar-refractivity contribution is 0.814.